The summed E-state index contributed by atoms with van der Waals surface area (Å²) in [5, 5.41) is 9.32. The van der Waals surface area contributed by atoms with Gasteiger partial charge < -0.3 is 10.0 Å². The minimum absolute atomic E-state index is 0.0802. The highest BCUT2D eigenvalue weighted by Gasteiger charge is 2.37. The van der Waals surface area contributed by atoms with E-state index in [0.717, 1.165) is 5.56 Å². The SMILES string of the molecule is Cc1ccccc1C(C(=O)O)N1CC(S)CC1=O. The lowest BCUT2D eigenvalue weighted by atomic mass is 10.0. The number of hydrogen-bond acceptors (Lipinski definition) is 3. The van der Waals surface area contributed by atoms with Crippen LogP contribution in [0.1, 0.15) is 23.6 Å². The number of thiol groups is 1. The third-order valence-corrected chi connectivity index (χ3v) is 3.51. The van der Waals surface area contributed by atoms with E-state index in [2.05, 4.69) is 12.6 Å². The summed E-state index contributed by atoms with van der Waals surface area (Å²) in [5.74, 6) is -1.15. The van der Waals surface area contributed by atoms with Crippen molar-refractivity contribution in [2.24, 2.45) is 0 Å². The van der Waals surface area contributed by atoms with Crippen LogP contribution in [0, 0.1) is 6.92 Å². The highest BCUT2D eigenvalue weighted by molar-refractivity contribution is 7.81. The summed E-state index contributed by atoms with van der Waals surface area (Å²) in [5.41, 5.74) is 1.54. The van der Waals surface area contributed by atoms with Crippen molar-refractivity contribution in [3.63, 3.8) is 0 Å². The monoisotopic (exact) mass is 265 g/mol. The average Bonchev–Trinajstić information content (AvgIpc) is 2.61. The molecule has 2 unspecified atom stereocenters. The predicted molar refractivity (Wildman–Crippen MR) is 70.7 cm³/mol. The Balaban J connectivity index is 2.38. The number of carbonyl (C=O) groups excluding carboxylic acids is 1. The summed E-state index contributed by atoms with van der Waals surface area (Å²) in [6.07, 6.45) is 0.304. The molecule has 0 spiro atoms. The van der Waals surface area contributed by atoms with Gasteiger partial charge in [0.1, 0.15) is 0 Å². The van der Waals surface area contributed by atoms with Crippen LogP contribution in [0.3, 0.4) is 0 Å². The number of nitrogens with zero attached hydrogens (tertiary/aromatic N) is 1. The summed E-state index contributed by atoms with van der Waals surface area (Å²) in [6, 6.07) is 6.34. The third kappa shape index (κ3) is 2.36. The molecule has 1 saturated heterocycles. The average molecular weight is 265 g/mol. The van der Waals surface area contributed by atoms with Crippen LogP contribution in [0.25, 0.3) is 0 Å². The minimum atomic E-state index is -1.000. The number of carbonyl (C=O) groups is 2. The van der Waals surface area contributed by atoms with E-state index in [1.165, 1.54) is 4.90 Å². The number of aryl methyl sites for hydroxylation is 1. The summed E-state index contributed by atoms with van der Waals surface area (Å²) in [4.78, 5) is 24.7. The number of hydrogen-bond donors (Lipinski definition) is 2. The van der Waals surface area contributed by atoms with Crippen LogP contribution in [0.5, 0.6) is 0 Å². The van der Waals surface area contributed by atoms with Crippen LogP contribution in [-0.2, 0) is 9.59 Å². The standard InChI is InChI=1S/C13H15NO3S/c1-8-4-2-3-5-10(8)12(13(16)17)14-7-9(18)6-11(14)15/h2-5,9,12,18H,6-7H2,1H3,(H,16,17). The zero-order valence-electron chi connectivity index (χ0n) is 10.0. The van der Waals surface area contributed by atoms with E-state index in [1.807, 2.05) is 19.1 Å². The van der Waals surface area contributed by atoms with Gasteiger partial charge in [0.15, 0.2) is 6.04 Å². The lowest BCUT2D eigenvalue weighted by Gasteiger charge is -2.26. The molecule has 0 radical (unpaired) electrons. The molecule has 18 heavy (non-hydrogen) atoms. The Morgan fingerprint density at radius 2 is 2.17 bits per heavy atom. The molecule has 96 valence electrons. The van der Waals surface area contributed by atoms with Gasteiger partial charge in [-0.05, 0) is 18.1 Å². The number of likely N-dealkylation sites (tertiary alicyclic amines) is 1. The molecule has 5 heteroatoms. The molecule has 2 rings (SSSR count). The maximum atomic E-state index is 11.8. The normalized spacial score (nSPS) is 21.1. The lowest BCUT2D eigenvalue weighted by Crippen LogP contribution is -2.35. The zero-order valence-corrected chi connectivity index (χ0v) is 10.9. The largest absolute Gasteiger partial charge is 0.479 e. The molecule has 1 amide bonds. The molecular weight excluding hydrogens is 250 g/mol. The number of benzene rings is 1. The van der Waals surface area contributed by atoms with Gasteiger partial charge in [0.05, 0.1) is 0 Å². The van der Waals surface area contributed by atoms with Gasteiger partial charge in [0, 0.05) is 18.2 Å². The second-order valence-corrected chi connectivity index (χ2v) is 5.23. The fourth-order valence-corrected chi connectivity index (χ4v) is 2.62. The number of rotatable bonds is 3. The Morgan fingerprint density at radius 3 is 2.67 bits per heavy atom. The van der Waals surface area contributed by atoms with Crippen molar-refractivity contribution in [2.75, 3.05) is 6.54 Å². The van der Waals surface area contributed by atoms with E-state index in [0.29, 0.717) is 18.5 Å². The van der Waals surface area contributed by atoms with E-state index in [-0.39, 0.29) is 11.2 Å². The third-order valence-electron chi connectivity index (χ3n) is 3.17. The Bertz CT molecular complexity index is 489. The lowest BCUT2D eigenvalue weighted by molar-refractivity contribution is -0.148. The van der Waals surface area contributed by atoms with Crippen LogP contribution in [0.2, 0.25) is 0 Å². The van der Waals surface area contributed by atoms with Gasteiger partial charge in [0.25, 0.3) is 0 Å². The minimum Gasteiger partial charge on any atom is -0.479 e. The molecule has 1 aromatic carbocycles. The van der Waals surface area contributed by atoms with Crippen molar-refractivity contribution >= 4 is 24.5 Å². The smallest absolute Gasteiger partial charge is 0.331 e. The number of amides is 1. The van der Waals surface area contributed by atoms with Crippen molar-refractivity contribution in [3.05, 3.63) is 35.4 Å². The second kappa shape index (κ2) is 5.02. The summed E-state index contributed by atoms with van der Waals surface area (Å²) >= 11 is 4.26. The zero-order chi connectivity index (χ0) is 13.3. The molecule has 2 atom stereocenters. The quantitative estimate of drug-likeness (QED) is 0.817. The number of carboxylic acids is 1. The van der Waals surface area contributed by atoms with Crippen LogP contribution < -0.4 is 0 Å². The Labute approximate surface area is 111 Å². The molecule has 0 aliphatic carbocycles. The highest BCUT2D eigenvalue weighted by atomic mass is 32.1. The Kier molecular flexibility index (Phi) is 3.61. The van der Waals surface area contributed by atoms with Crippen LogP contribution >= 0.6 is 12.6 Å². The molecule has 0 bridgehead atoms. The van der Waals surface area contributed by atoms with Crippen molar-refractivity contribution in [1.29, 1.82) is 0 Å². The van der Waals surface area contributed by atoms with E-state index in [4.69, 9.17) is 0 Å². The Morgan fingerprint density at radius 1 is 1.50 bits per heavy atom. The van der Waals surface area contributed by atoms with Crippen LogP contribution in [0.4, 0.5) is 0 Å². The molecule has 1 aliphatic rings. The molecule has 1 fully saturated rings. The van der Waals surface area contributed by atoms with Gasteiger partial charge in [-0.15, -0.1) is 0 Å². The van der Waals surface area contributed by atoms with E-state index in [9.17, 15) is 14.7 Å². The predicted octanol–water partition coefficient (Wildman–Crippen LogP) is 1.65. The molecule has 0 saturated carbocycles. The van der Waals surface area contributed by atoms with Gasteiger partial charge in [-0.25, -0.2) is 4.79 Å². The van der Waals surface area contributed by atoms with E-state index >= 15 is 0 Å². The van der Waals surface area contributed by atoms with Gasteiger partial charge >= 0.3 is 5.97 Å². The first-order valence-corrected chi connectivity index (χ1v) is 6.28. The van der Waals surface area contributed by atoms with E-state index < -0.39 is 12.0 Å². The first-order valence-electron chi connectivity index (χ1n) is 5.76. The topological polar surface area (TPSA) is 57.6 Å². The molecule has 1 aromatic rings. The summed E-state index contributed by atoms with van der Waals surface area (Å²) < 4.78 is 0. The first kappa shape index (κ1) is 13.0. The molecule has 0 aromatic heterocycles. The fourth-order valence-electron chi connectivity index (χ4n) is 2.29. The maximum absolute atomic E-state index is 11.8. The van der Waals surface area contributed by atoms with E-state index in [1.54, 1.807) is 12.1 Å². The van der Waals surface area contributed by atoms with Gasteiger partial charge in [-0.2, -0.15) is 12.6 Å². The fraction of sp³-hybridized carbons (Fsp3) is 0.385. The maximum Gasteiger partial charge on any atom is 0.331 e. The molecule has 1 heterocycles. The van der Waals surface area contributed by atoms with Crippen LogP contribution in [-0.4, -0.2) is 33.7 Å². The summed E-state index contributed by atoms with van der Waals surface area (Å²) in [7, 11) is 0. The number of carboxylic acid groups (broad SMARTS) is 1. The van der Waals surface area contributed by atoms with Crippen molar-refractivity contribution < 1.29 is 14.7 Å². The van der Waals surface area contributed by atoms with Gasteiger partial charge in [-0.1, -0.05) is 24.3 Å². The number of aliphatic carboxylic acids is 1. The molecule has 1 aliphatic heterocycles. The molecule has 1 N–H and O–H groups in total. The Hall–Kier alpha value is -1.49. The van der Waals surface area contributed by atoms with Crippen molar-refractivity contribution in [1.82, 2.24) is 4.90 Å². The molecule has 4 nitrogen and oxygen atoms in total. The first-order chi connectivity index (χ1) is 8.50. The van der Waals surface area contributed by atoms with Gasteiger partial charge in [-0.3, -0.25) is 4.79 Å². The van der Waals surface area contributed by atoms with Crippen molar-refractivity contribution in [3.8, 4) is 0 Å². The summed E-state index contributed by atoms with van der Waals surface area (Å²) in [6.45, 7) is 2.23. The highest BCUT2D eigenvalue weighted by Crippen LogP contribution is 2.29. The van der Waals surface area contributed by atoms with Gasteiger partial charge in [0.2, 0.25) is 5.91 Å². The molecular formula is C13H15NO3S. The second-order valence-electron chi connectivity index (χ2n) is 4.50. The van der Waals surface area contributed by atoms with Crippen molar-refractivity contribution in [2.45, 2.75) is 24.6 Å². The van der Waals surface area contributed by atoms with Crippen LogP contribution in [0.15, 0.2) is 24.3 Å².